The number of fused-ring (bicyclic) bond motifs is 4. The van der Waals surface area contributed by atoms with Gasteiger partial charge in [-0.25, -0.2) is 0 Å². The Labute approximate surface area is 187 Å². The van der Waals surface area contributed by atoms with Crippen molar-refractivity contribution in [1.29, 1.82) is 0 Å². The second kappa shape index (κ2) is 7.78. The number of carbonyl (C=O) groups is 2. The summed E-state index contributed by atoms with van der Waals surface area (Å²) in [7, 11) is 3.29. The highest BCUT2D eigenvalue weighted by atomic mass is 16.6. The van der Waals surface area contributed by atoms with E-state index in [1.54, 1.807) is 21.1 Å². The zero-order valence-electron chi connectivity index (χ0n) is 18.8. The van der Waals surface area contributed by atoms with Crippen LogP contribution in [0.2, 0.25) is 0 Å². The fourth-order valence-corrected chi connectivity index (χ4v) is 5.10. The molecule has 32 heavy (non-hydrogen) atoms. The van der Waals surface area contributed by atoms with Gasteiger partial charge < -0.3 is 14.2 Å². The number of allylic oxidation sites excluding steroid dienone is 2. The van der Waals surface area contributed by atoms with Crippen molar-refractivity contribution in [2.24, 2.45) is 0 Å². The van der Waals surface area contributed by atoms with Gasteiger partial charge in [0.25, 0.3) is 0 Å². The number of methoxy groups -OCH3 is 2. The van der Waals surface area contributed by atoms with E-state index < -0.39 is 0 Å². The van der Waals surface area contributed by atoms with E-state index in [4.69, 9.17) is 14.2 Å². The summed E-state index contributed by atoms with van der Waals surface area (Å²) in [4.78, 5) is 25.8. The Hall–Kier alpha value is -3.12. The van der Waals surface area contributed by atoms with Crippen LogP contribution in [-0.4, -0.2) is 37.4 Å². The molecule has 2 heterocycles. The fraction of sp³-hybridized carbons (Fsp3) is 0.346. The minimum Gasteiger partial charge on any atom is -0.496 e. The molecule has 1 aliphatic carbocycles. The lowest BCUT2D eigenvalue weighted by Crippen LogP contribution is -2.39. The molecule has 0 unspecified atom stereocenters. The molecule has 5 rings (SSSR count). The van der Waals surface area contributed by atoms with E-state index in [0.717, 1.165) is 48.7 Å². The van der Waals surface area contributed by atoms with Crippen LogP contribution >= 0.6 is 0 Å². The zero-order chi connectivity index (χ0) is 22.6. The van der Waals surface area contributed by atoms with Crippen molar-refractivity contribution in [3.63, 3.8) is 0 Å². The molecule has 0 amide bonds. The summed E-state index contributed by atoms with van der Waals surface area (Å²) in [6.45, 7) is 4.69. The third-order valence-corrected chi connectivity index (χ3v) is 6.65. The maximum Gasteiger partial charge on any atom is 0.308 e. The van der Waals surface area contributed by atoms with Crippen LogP contribution in [0.3, 0.4) is 0 Å². The molecular weight excluding hydrogens is 406 g/mol. The van der Waals surface area contributed by atoms with Gasteiger partial charge in [-0.2, -0.15) is 0 Å². The molecule has 6 nitrogen and oxygen atoms in total. The SMILES string of the molecule is COc1cc2c(cc1OC(C)=O)[C@@H]1Cc3ccc([C]4C=C4C(C)=O)c(OC)c3CN1CC2. The number of Topliss-reactive ketones (excluding diaryl/α,β-unsaturated/α-hetero) is 1. The number of hydrogen-bond donors (Lipinski definition) is 0. The molecule has 0 fully saturated rings. The molecule has 0 aromatic heterocycles. The summed E-state index contributed by atoms with van der Waals surface area (Å²) < 4.78 is 16.7. The van der Waals surface area contributed by atoms with Crippen LogP contribution in [-0.2, 0) is 29.0 Å². The Balaban J connectivity index is 1.51. The first-order chi connectivity index (χ1) is 15.4. The maximum atomic E-state index is 11.7. The maximum absolute atomic E-state index is 11.7. The third kappa shape index (κ3) is 3.39. The van der Waals surface area contributed by atoms with E-state index >= 15 is 0 Å². The first-order valence-electron chi connectivity index (χ1n) is 10.8. The van der Waals surface area contributed by atoms with Crippen molar-refractivity contribution in [1.82, 2.24) is 4.90 Å². The number of nitrogens with zero attached hydrogens (tertiary/aromatic N) is 1. The highest BCUT2D eigenvalue weighted by Crippen LogP contribution is 2.48. The minimum atomic E-state index is -0.363. The van der Waals surface area contributed by atoms with Gasteiger partial charge in [-0.05, 0) is 48.6 Å². The molecular formula is C26H26NO5. The lowest BCUT2D eigenvalue weighted by atomic mass is 9.82. The predicted molar refractivity (Wildman–Crippen MR) is 119 cm³/mol. The molecule has 0 saturated heterocycles. The summed E-state index contributed by atoms with van der Waals surface area (Å²) in [5, 5.41) is 0. The summed E-state index contributed by atoms with van der Waals surface area (Å²) in [6.07, 6.45) is 3.67. The minimum absolute atomic E-state index is 0.0893. The first kappa shape index (κ1) is 20.8. The molecule has 2 aliphatic heterocycles. The van der Waals surface area contributed by atoms with E-state index in [0.29, 0.717) is 11.5 Å². The summed E-state index contributed by atoms with van der Waals surface area (Å²) in [5.41, 5.74) is 6.63. The molecule has 6 heteroatoms. The lowest BCUT2D eigenvalue weighted by molar-refractivity contribution is -0.132. The molecule has 0 bridgehead atoms. The van der Waals surface area contributed by atoms with Crippen molar-refractivity contribution in [3.05, 3.63) is 69.6 Å². The predicted octanol–water partition coefficient (Wildman–Crippen LogP) is 3.74. The van der Waals surface area contributed by atoms with Gasteiger partial charge in [0.15, 0.2) is 17.3 Å². The average molecular weight is 432 g/mol. The van der Waals surface area contributed by atoms with Gasteiger partial charge in [-0.15, -0.1) is 0 Å². The van der Waals surface area contributed by atoms with Gasteiger partial charge in [0, 0.05) is 42.8 Å². The molecule has 3 aliphatic rings. The van der Waals surface area contributed by atoms with Crippen molar-refractivity contribution in [2.75, 3.05) is 20.8 Å². The van der Waals surface area contributed by atoms with Gasteiger partial charge in [0.05, 0.1) is 20.1 Å². The highest BCUT2D eigenvalue weighted by molar-refractivity contribution is 6.06. The normalized spacial score (nSPS) is 19.2. The molecule has 2 aromatic carbocycles. The van der Waals surface area contributed by atoms with Crippen LogP contribution in [0.1, 0.15) is 47.7 Å². The van der Waals surface area contributed by atoms with Crippen LogP contribution in [0.5, 0.6) is 17.2 Å². The fourth-order valence-electron chi connectivity index (χ4n) is 5.10. The van der Waals surface area contributed by atoms with Gasteiger partial charge in [-0.3, -0.25) is 14.5 Å². The zero-order valence-corrected chi connectivity index (χ0v) is 18.8. The Morgan fingerprint density at radius 1 is 1.03 bits per heavy atom. The number of esters is 1. The molecule has 2 aromatic rings. The number of ether oxygens (including phenoxy) is 3. The van der Waals surface area contributed by atoms with E-state index in [1.165, 1.54) is 29.2 Å². The number of benzene rings is 2. The van der Waals surface area contributed by atoms with Gasteiger partial charge in [0.2, 0.25) is 0 Å². The Morgan fingerprint density at radius 3 is 2.50 bits per heavy atom. The van der Waals surface area contributed by atoms with Crippen molar-refractivity contribution >= 4 is 11.8 Å². The van der Waals surface area contributed by atoms with Crippen LogP contribution in [0, 0.1) is 5.92 Å². The van der Waals surface area contributed by atoms with Crippen molar-refractivity contribution in [3.8, 4) is 17.2 Å². The van der Waals surface area contributed by atoms with Crippen LogP contribution < -0.4 is 14.2 Å². The monoisotopic (exact) mass is 432 g/mol. The largest absolute Gasteiger partial charge is 0.496 e. The standard InChI is InChI=1S/C26H26NO5/c1-14(28)19-11-21(19)18-6-5-16-9-23-20-12-25(32-15(2)29)24(30-3)10-17(20)7-8-27(23)13-22(16)26(18)31-4/h5-6,10-12,23H,7-9,13H2,1-4H3/t23-/m0/s1. The summed E-state index contributed by atoms with van der Waals surface area (Å²) >= 11 is 0. The molecule has 165 valence electrons. The van der Waals surface area contributed by atoms with E-state index in [2.05, 4.69) is 17.0 Å². The van der Waals surface area contributed by atoms with E-state index in [9.17, 15) is 9.59 Å². The highest BCUT2D eigenvalue weighted by Gasteiger charge is 2.38. The molecule has 0 saturated carbocycles. The second-order valence-corrected chi connectivity index (χ2v) is 8.55. The number of ketones is 1. The molecule has 0 N–H and O–H groups in total. The van der Waals surface area contributed by atoms with Gasteiger partial charge >= 0.3 is 5.97 Å². The first-order valence-corrected chi connectivity index (χ1v) is 10.8. The quantitative estimate of drug-likeness (QED) is 0.530. The van der Waals surface area contributed by atoms with Crippen LogP contribution in [0.4, 0.5) is 0 Å². The van der Waals surface area contributed by atoms with E-state index in [1.807, 2.05) is 18.2 Å². The van der Waals surface area contributed by atoms with Gasteiger partial charge in [0.1, 0.15) is 5.75 Å². The summed E-state index contributed by atoms with van der Waals surface area (Å²) in [5.74, 6) is 2.63. The molecule has 1 radical (unpaired) electrons. The Morgan fingerprint density at radius 2 is 1.84 bits per heavy atom. The Bertz CT molecular complexity index is 1170. The topological polar surface area (TPSA) is 65.1 Å². The van der Waals surface area contributed by atoms with Crippen LogP contribution in [0.25, 0.3) is 0 Å². The number of carbonyl (C=O) groups excluding carboxylic acids is 2. The second-order valence-electron chi connectivity index (χ2n) is 8.55. The number of rotatable bonds is 5. The summed E-state index contributed by atoms with van der Waals surface area (Å²) in [6, 6.07) is 8.39. The molecule has 1 atom stereocenters. The van der Waals surface area contributed by atoms with Crippen molar-refractivity contribution < 1.29 is 23.8 Å². The average Bonchev–Trinajstić information content (AvgIpc) is 3.57. The smallest absolute Gasteiger partial charge is 0.308 e. The lowest BCUT2D eigenvalue weighted by Gasteiger charge is -2.42. The van der Waals surface area contributed by atoms with Gasteiger partial charge in [-0.1, -0.05) is 18.2 Å². The van der Waals surface area contributed by atoms with E-state index in [-0.39, 0.29) is 17.8 Å². The van der Waals surface area contributed by atoms with Crippen molar-refractivity contribution in [2.45, 2.75) is 39.3 Å². The molecule has 0 spiro atoms. The number of hydrogen-bond acceptors (Lipinski definition) is 6. The third-order valence-electron chi connectivity index (χ3n) is 6.65. The van der Waals surface area contributed by atoms with Crippen LogP contribution in [0.15, 0.2) is 35.9 Å². The Kier molecular flexibility index (Phi) is 5.05.